The number of carbonyl (C=O) groups is 2. The zero-order valence-corrected chi connectivity index (χ0v) is 19.0. The van der Waals surface area contributed by atoms with E-state index < -0.39 is 17.8 Å². The summed E-state index contributed by atoms with van der Waals surface area (Å²) in [5.74, 6) is -0.879. The second-order valence-electron chi connectivity index (χ2n) is 7.60. The number of ether oxygens (including phenoxy) is 2. The van der Waals surface area contributed by atoms with E-state index in [1.807, 2.05) is 17.5 Å². The molecule has 0 saturated carbocycles. The van der Waals surface area contributed by atoms with E-state index in [9.17, 15) is 14.0 Å². The van der Waals surface area contributed by atoms with Crippen molar-refractivity contribution in [1.82, 2.24) is 4.90 Å². The SMILES string of the molecule is COc1cc2c(cc1OC)[C@@H](C(=O)Nc1ccc(C)c(F)c1)[C@H](c1cccs1)N(C)C2=O. The molecule has 8 heteroatoms. The molecule has 1 aliphatic rings. The molecule has 0 fully saturated rings. The summed E-state index contributed by atoms with van der Waals surface area (Å²) in [5, 5.41) is 4.73. The lowest BCUT2D eigenvalue weighted by Crippen LogP contribution is -2.43. The van der Waals surface area contributed by atoms with Crippen LogP contribution in [0.1, 0.15) is 38.3 Å². The summed E-state index contributed by atoms with van der Waals surface area (Å²) in [7, 11) is 4.67. The number of hydrogen-bond donors (Lipinski definition) is 1. The number of nitrogens with one attached hydrogen (secondary N) is 1. The summed E-state index contributed by atoms with van der Waals surface area (Å²) in [6.45, 7) is 1.66. The number of methoxy groups -OCH3 is 2. The highest BCUT2D eigenvalue weighted by atomic mass is 32.1. The zero-order valence-electron chi connectivity index (χ0n) is 18.1. The lowest BCUT2D eigenvalue weighted by molar-refractivity contribution is -0.119. The van der Waals surface area contributed by atoms with E-state index in [1.165, 1.54) is 31.6 Å². The van der Waals surface area contributed by atoms with Gasteiger partial charge in [0.25, 0.3) is 5.91 Å². The number of nitrogens with zero attached hydrogens (tertiary/aromatic N) is 1. The molecular formula is C24H23FN2O4S. The summed E-state index contributed by atoms with van der Waals surface area (Å²) >= 11 is 1.47. The predicted molar refractivity (Wildman–Crippen MR) is 121 cm³/mol. The molecule has 0 bridgehead atoms. The van der Waals surface area contributed by atoms with Gasteiger partial charge < -0.3 is 19.7 Å². The molecule has 0 aliphatic carbocycles. The lowest BCUT2D eigenvalue weighted by atomic mass is 9.81. The van der Waals surface area contributed by atoms with Gasteiger partial charge in [-0.15, -0.1) is 11.3 Å². The summed E-state index contributed by atoms with van der Waals surface area (Å²) in [5.41, 5.74) is 1.75. The number of hydrogen-bond acceptors (Lipinski definition) is 5. The standard InChI is InChI=1S/C24H23FN2O4S/c1-13-7-8-14(10-17(13)25)26-23(28)21-15-11-18(30-3)19(31-4)12-16(15)24(29)27(2)22(21)20-6-5-9-32-20/h5-12,21-22H,1-4H3,(H,26,28)/t21-,22+/m1/s1. The maximum Gasteiger partial charge on any atom is 0.254 e. The van der Waals surface area contributed by atoms with E-state index in [4.69, 9.17) is 9.47 Å². The largest absolute Gasteiger partial charge is 0.493 e. The van der Waals surface area contributed by atoms with Crippen LogP contribution in [0.2, 0.25) is 0 Å². The van der Waals surface area contributed by atoms with Crippen LogP contribution >= 0.6 is 11.3 Å². The normalized spacial score (nSPS) is 17.7. The minimum atomic E-state index is -0.740. The first kappa shape index (κ1) is 21.8. The van der Waals surface area contributed by atoms with Crippen molar-refractivity contribution in [2.75, 3.05) is 26.6 Å². The molecule has 2 atom stereocenters. The number of benzene rings is 2. The monoisotopic (exact) mass is 454 g/mol. The van der Waals surface area contributed by atoms with Crippen LogP contribution in [0.3, 0.4) is 0 Å². The van der Waals surface area contributed by atoms with Gasteiger partial charge >= 0.3 is 0 Å². The zero-order chi connectivity index (χ0) is 23.0. The highest BCUT2D eigenvalue weighted by Gasteiger charge is 2.44. The molecule has 0 spiro atoms. The quantitative estimate of drug-likeness (QED) is 0.604. The number of amides is 2. The molecule has 1 aliphatic heterocycles. The molecule has 1 aromatic heterocycles. The molecular weight excluding hydrogens is 431 g/mol. The molecule has 6 nitrogen and oxygen atoms in total. The van der Waals surface area contributed by atoms with Gasteiger partial charge in [0.15, 0.2) is 11.5 Å². The molecule has 3 aromatic rings. The number of halogens is 1. The number of thiophene rings is 1. The molecule has 1 N–H and O–H groups in total. The Morgan fingerprint density at radius 2 is 1.84 bits per heavy atom. The highest BCUT2D eigenvalue weighted by molar-refractivity contribution is 7.10. The second-order valence-corrected chi connectivity index (χ2v) is 8.58. The first-order chi connectivity index (χ1) is 15.3. The first-order valence-corrected chi connectivity index (χ1v) is 10.9. The van der Waals surface area contributed by atoms with E-state index >= 15 is 0 Å². The van der Waals surface area contributed by atoms with Crippen molar-refractivity contribution < 1.29 is 23.5 Å². The first-order valence-electron chi connectivity index (χ1n) is 9.99. The Kier molecular flexibility index (Phi) is 5.88. The molecule has 4 rings (SSSR count). The Morgan fingerprint density at radius 1 is 1.12 bits per heavy atom. The van der Waals surface area contributed by atoms with Gasteiger partial charge in [0.05, 0.1) is 26.2 Å². The van der Waals surface area contributed by atoms with E-state index in [2.05, 4.69) is 5.32 Å². The molecule has 0 saturated heterocycles. The summed E-state index contributed by atoms with van der Waals surface area (Å²) in [4.78, 5) is 29.3. The minimum absolute atomic E-state index is 0.218. The van der Waals surface area contributed by atoms with Gasteiger partial charge in [-0.25, -0.2) is 4.39 Å². The summed E-state index contributed by atoms with van der Waals surface area (Å²) < 4.78 is 24.9. The van der Waals surface area contributed by atoms with Gasteiger partial charge in [-0.1, -0.05) is 12.1 Å². The fourth-order valence-electron chi connectivity index (χ4n) is 4.04. The average molecular weight is 455 g/mol. The van der Waals surface area contributed by atoms with Crippen molar-refractivity contribution >= 4 is 28.8 Å². The van der Waals surface area contributed by atoms with E-state index in [0.29, 0.717) is 33.9 Å². The Bertz CT molecular complexity index is 1180. The van der Waals surface area contributed by atoms with Crippen LogP contribution in [-0.2, 0) is 4.79 Å². The third-order valence-electron chi connectivity index (χ3n) is 5.73. The molecule has 166 valence electrons. The van der Waals surface area contributed by atoms with Crippen LogP contribution in [-0.4, -0.2) is 38.0 Å². The van der Waals surface area contributed by atoms with Gasteiger partial charge in [-0.05, 0) is 53.8 Å². The van der Waals surface area contributed by atoms with Crippen LogP contribution < -0.4 is 14.8 Å². The van der Waals surface area contributed by atoms with Crippen LogP contribution in [0.4, 0.5) is 10.1 Å². The number of aryl methyl sites for hydroxylation is 1. The van der Waals surface area contributed by atoms with Crippen LogP contribution in [0.5, 0.6) is 11.5 Å². The van der Waals surface area contributed by atoms with Crippen LogP contribution in [0, 0.1) is 12.7 Å². The minimum Gasteiger partial charge on any atom is -0.493 e. The predicted octanol–water partition coefficient (Wildman–Crippen LogP) is 4.76. The van der Waals surface area contributed by atoms with E-state index in [-0.39, 0.29) is 11.8 Å². The average Bonchev–Trinajstić information content (AvgIpc) is 3.32. The van der Waals surface area contributed by atoms with Crippen LogP contribution in [0.15, 0.2) is 47.8 Å². The fourth-order valence-corrected chi connectivity index (χ4v) is 4.94. The third-order valence-corrected chi connectivity index (χ3v) is 6.67. The lowest BCUT2D eigenvalue weighted by Gasteiger charge is -2.39. The van der Waals surface area contributed by atoms with Gasteiger partial charge in [0.2, 0.25) is 5.91 Å². The Morgan fingerprint density at radius 3 is 2.47 bits per heavy atom. The Labute approximate surface area is 189 Å². The highest BCUT2D eigenvalue weighted by Crippen LogP contribution is 2.46. The van der Waals surface area contributed by atoms with E-state index in [1.54, 1.807) is 43.1 Å². The van der Waals surface area contributed by atoms with Crippen molar-refractivity contribution in [2.45, 2.75) is 18.9 Å². The number of fused-ring (bicyclic) bond motifs is 1. The third kappa shape index (κ3) is 3.71. The molecule has 2 amide bonds. The Hall–Kier alpha value is -3.39. The maximum atomic E-state index is 14.1. The van der Waals surface area contributed by atoms with Gasteiger partial charge in [-0.2, -0.15) is 0 Å². The van der Waals surface area contributed by atoms with Crippen molar-refractivity contribution in [1.29, 1.82) is 0 Å². The number of anilines is 1. The van der Waals surface area contributed by atoms with Crippen molar-refractivity contribution in [3.63, 3.8) is 0 Å². The van der Waals surface area contributed by atoms with Crippen molar-refractivity contribution in [3.8, 4) is 11.5 Å². The summed E-state index contributed by atoms with van der Waals surface area (Å²) in [6, 6.07) is 11.1. The molecule has 2 heterocycles. The number of rotatable bonds is 5. The number of carbonyl (C=O) groups excluding carboxylic acids is 2. The van der Waals surface area contributed by atoms with Crippen molar-refractivity contribution in [2.24, 2.45) is 0 Å². The molecule has 0 unspecified atom stereocenters. The van der Waals surface area contributed by atoms with Crippen LogP contribution in [0.25, 0.3) is 0 Å². The molecule has 2 aromatic carbocycles. The fraction of sp³-hybridized carbons (Fsp3) is 0.250. The molecule has 32 heavy (non-hydrogen) atoms. The Balaban J connectivity index is 1.85. The maximum absolute atomic E-state index is 14.1. The van der Waals surface area contributed by atoms with Gasteiger partial charge in [0.1, 0.15) is 5.82 Å². The second kappa shape index (κ2) is 8.63. The van der Waals surface area contributed by atoms with Gasteiger partial charge in [0, 0.05) is 23.2 Å². The van der Waals surface area contributed by atoms with Gasteiger partial charge in [-0.3, -0.25) is 9.59 Å². The smallest absolute Gasteiger partial charge is 0.254 e. The number of likely N-dealkylation sites (N-methyl/N-ethyl adjacent to an activating group) is 1. The van der Waals surface area contributed by atoms with E-state index in [0.717, 1.165) is 4.88 Å². The van der Waals surface area contributed by atoms with Crippen molar-refractivity contribution in [3.05, 3.63) is 75.2 Å². The molecule has 0 radical (unpaired) electrons. The topological polar surface area (TPSA) is 67.9 Å². The summed E-state index contributed by atoms with van der Waals surface area (Å²) in [6.07, 6.45) is 0.